The van der Waals surface area contributed by atoms with E-state index in [1.54, 1.807) is 27.6 Å². The predicted molar refractivity (Wildman–Crippen MR) is 142 cm³/mol. The standard InChI is InChI=1S/C32H41.Hf/c1-7-9-11-25-19-29-21(3)13-15-23(5)31(29)27(25)17-18-28-26(12-10-8-2)20-30-22(4)14-16-24(6)32(28)30;/h13-16,19-20,27H,7-12,17-18H2,1-6H3;/q-1;. The van der Waals surface area contributed by atoms with Crippen LogP contribution < -0.4 is 0 Å². The zero-order chi connectivity index (χ0) is 22.8. The molecule has 0 spiro atoms. The average molecular weight is 604 g/mol. The first-order valence-corrected chi connectivity index (χ1v) is 12.9. The Morgan fingerprint density at radius 3 is 2.15 bits per heavy atom. The number of unbranched alkanes of at least 4 members (excludes halogenated alkanes) is 2. The normalized spacial score (nSPS) is 15.0. The van der Waals surface area contributed by atoms with E-state index in [0.717, 1.165) is 0 Å². The second-order valence-electron chi connectivity index (χ2n) is 10.2. The quantitative estimate of drug-likeness (QED) is 0.169. The summed E-state index contributed by atoms with van der Waals surface area (Å²) in [6, 6.07) is 11.8. The van der Waals surface area contributed by atoms with Crippen LogP contribution in [0.5, 0.6) is 0 Å². The Hall–Kier alpha value is -1.34. The van der Waals surface area contributed by atoms with Gasteiger partial charge in [-0.25, -0.2) is 0 Å². The molecule has 0 aliphatic heterocycles. The van der Waals surface area contributed by atoms with Crippen LogP contribution in [0, 0.1) is 27.7 Å². The first-order valence-electron chi connectivity index (χ1n) is 12.9. The maximum atomic E-state index is 2.55. The van der Waals surface area contributed by atoms with Crippen LogP contribution in [0.15, 0.2) is 35.9 Å². The minimum atomic E-state index is 0. The molecule has 1 heteroatoms. The molecule has 0 N–H and O–H groups in total. The molecule has 0 aromatic heterocycles. The SMILES string of the molecule is CCCCC1=Cc2c(C)ccc(C)c2C1CC[c-]1c(CCCC)cc2c(C)ccc(C)c21.[Hf]. The number of hydrogen-bond acceptors (Lipinski definition) is 0. The van der Waals surface area contributed by atoms with Crippen molar-refractivity contribution in [2.24, 2.45) is 0 Å². The van der Waals surface area contributed by atoms with E-state index < -0.39 is 0 Å². The van der Waals surface area contributed by atoms with Gasteiger partial charge in [-0.3, -0.25) is 0 Å². The monoisotopic (exact) mass is 605 g/mol. The van der Waals surface area contributed by atoms with Gasteiger partial charge in [-0.05, 0) is 68.7 Å². The van der Waals surface area contributed by atoms with Crippen molar-refractivity contribution in [2.45, 2.75) is 98.8 Å². The molecular formula is C32H41Hf-. The molecule has 0 heterocycles. The van der Waals surface area contributed by atoms with Gasteiger partial charge >= 0.3 is 0 Å². The van der Waals surface area contributed by atoms with Crippen molar-refractivity contribution in [2.75, 3.05) is 0 Å². The Morgan fingerprint density at radius 2 is 1.42 bits per heavy atom. The Bertz CT molecular complexity index is 1140. The second kappa shape index (κ2) is 11.4. The average Bonchev–Trinajstić information content (AvgIpc) is 3.34. The Balaban J connectivity index is 0.00000306. The number of rotatable bonds is 9. The van der Waals surface area contributed by atoms with Crippen LogP contribution in [0.25, 0.3) is 16.8 Å². The van der Waals surface area contributed by atoms with Crippen molar-refractivity contribution in [3.05, 3.63) is 80.4 Å². The third-order valence-electron chi connectivity index (χ3n) is 7.83. The van der Waals surface area contributed by atoms with Crippen LogP contribution in [0.4, 0.5) is 0 Å². The Kier molecular flexibility index (Phi) is 9.07. The summed E-state index contributed by atoms with van der Waals surface area (Å²) in [5, 5.41) is 3.04. The topological polar surface area (TPSA) is 0 Å². The number of benzene rings is 2. The minimum absolute atomic E-state index is 0. The molecule has 0 amide bonds. The van der Waals surface area contributed by atoms with Crippen molar-refractivity contribution in [1.29, 1.82) is 0 Å². The van der Waals surface area contributed by atoms with Crippen LogP contribution in [0.1, 0.15) is 103 Å². The summed E-state index contributed by atoms with van der Waals surface area (Å²) < 4.78 is 0. The molecule has 0 saturated carbocycles. The molecule has 1 unspecified atom stereocenters. The van der Waals surface area contributed by atoms with Gasteiger partial charge < -0.3 is 0 Å². The zero-order valence-corrected chi connectivity index (χ0v) is 25.3. The van der Waals surface area contributed by atoms with E-state index in [0.29, 0.717) is 5.92 Å². The van der Waals surface area contributed by atoms with Crippen LogP contribution in [0.3, 0.4) is 0 Å². The third kappa shape index (κ3) is 5.19. The van der Waals surface area contributed by atoms with Crippen LogP contribution in [0.2, 0.25) is 0 Å². The number of fused-ring (bicyclic) bond motifs is 2. The molecule has 33 heavy (non-hydrogen) atoms. The number of hydrogen-bond donors (Lipinski definition) is 0. The summed E-state index contributed by atoms with van der Waals surface area (Å²) >= 11 is 0. The Morgan fingerprint density at radius 1 is 0.788 bits per heavy atom. The van der Waals surface area contributed by atoms with Crippen LogP contribution in [-0.4, -0.2) is 0 Å². The maximum absolute atomic E-state index is 2.55. The van der Waals surface area contributed by atoms with Crippen LogP contribution in [-0.2, 0) is 38.7 Å². The molecule has 1 atom stereocenters. The van der Waals surface area contributed by atoms with E-state index in [1.165, 1.54) is 84.6 Å². The summed E-state index contributed by atoms with van der Waals surface area (Å²) in [5.41, 5.74) is 13.9. The van der Waals surface area contributed by atoms with Gasteiger partial charge in [0.15, 0.2) is 0 Å². The van der Waals surface area contributed by atoms with Crippen molar-refractivity contribution in [3.63, 3.8) is 0 Å². The van der Waals surface area contributed by atoms with Gasteiger partial charge in [-0.2, -0.15) is 6.07 Å². The summed E-state index contributed by atoms with van der Waals surface area (Å²) in [5.74, 6) is 0.588. The fourth-order valence-electron chi connectivity index (χ4n) is 5.94. The van der Waals surface area contributed by atoms with Crippen LogP contribution >= 0.6 is 0 Å². The molecule has 0 bridgehead atoms. The van der Waals surface area contributed by atoms with Crippen molar-refractivity contribution in [1.82, 2.24) is 0 Å². The fourth-order valence-corrected chi connectivity index (χ4v) is 5.94. The zero-order valence-electron chi connectivity index (χ0n) is 21.7. The molecule has 174 valence electrons. The molecular weight excluding hydrogens is 563 g/mol. The molecule has 0 nitrogen and oxygen atoms in total. The second-order valence-corrected chi connectivity index (χ2v) is 10.2. The van der Waals surface area contributed by atoms with Crippen molar-refractivity contribution < 1.29 is 25.8 Å². The van der Waals surface area contributed by atoms with Gasteiger partial charge in [-0.1, -0.05) is 81.9 Å². The molecule has 3 aromatic rings. The molecule has 4 rings (SSSR count). The van der Waals surface area contributed by atoms with Gasteiger partial charge in [0.05, 0.1) is 0 Å². The first kappa shape index (κ1) is 26.3. The van der Waals surface area contributed by atoms with E-state index in [-0.39, 0.29) is 25.8 Å². The van der Waals surface area contributed by atoms with Gasteiger partial charge in [0, 0.05) is 31.8 Å². The summed E-state index contributed by atoms with van der Waals surface area (Å²) in [6.45, 7) is 13.8. The number of aryl methyl sites for hydroxylation is 6. The fraction of sp³-hybridized carbons (Fsp3) is 0.469. The smallest absolute Gasteiger partial charge is 0.00559 e. The first-order chi connectivity index (χ1) is 15.5. The third-order valence-corrected chi connectivity index (χ3v) is 7.83. The molecule has 0 radical (unpaired) electrons. The molecule has 1 aliphatic carbocycles. The maximum Gasteiger partial charge on any atom is 0.00559 e. The predicted octanol–water partition coefficient (Wildman–Crippen LogP) is 9.44. The van der Waals surface area contributed by atoms with Crippen molar-refractivity contribution >= 4 is 16.8 Å². The summed E-state index contributed by atoms with van der Waals surface area (Å²) in [7, 11) is 0. The van der Waals surface area contributed by atoms with Gasteiger partial charge in [0.1, 0.15) is 0 Å². The van der Waals surface area contributed by atoms with E-state index in [4.69, 9.17) is 0 Å². The van der Waals surface area contributed by atoms with E-state index >= 15 is 0 Å². The number of allylic oxidation sites excluding steroid dienone is 1. The molecule has 3 aromatic carbocycles. The molecule has 0 fully saturated rings. The Labute approximate surface area is 221 Å². The minimum Gasteiger partial charge on any atom is -0.164 e. The van der Waals surface area contributed by atoms with Gasteiger partial charge in [0.25, 0.3) is 0 Å². The molecule has 0 saturated heterocycles. The van der Waals surface area contributed by atoms with Gasteiger partial charge in [-0.15, -0.1) is 33.5 Å². The molecule has 1 aliphatic rings. The van der Waals surface area contributed by atoms with Crippen molar-refractivity contribution in [3.8, 4) is 0 Å². The summed E-state index contributed by atoms with van der Waals surface area (Å²) in [6.07, 6.45) is 12.6. The summed E-state index contributed by atoms with van der Waals surface area (Å²) in [4.78, 5) is 0. The van der Waals surface area contributed by atoms with Gasteiger partial charge in [0.2, 0.25) is 0 Å². The van der Waals surface area contributed by atoms with E-state index in [2.05, 4.69) is 78.0 Å². The van der Waals surface area contributed by atoms with E-state index in [9.17, 15) is 0 Å². The largest absolute Gasteiger partial charge is 0.164 e. The van der Waals surface area contributed by atoms with E-state index in [1.807, 2.05) is 0 Å².